The van der Waals surface area contributed by atoms with Gasteiger partial charge in [-0.2, -0.15) is 0 Å². The van der Waals surface area contributed by atoms with Crippen molar-refractivity contribution in [1.82, 2.24) is 15.3 Å². The number of thioether (sulfide) groups is 1. The predicted octanol–water partition coefficient (Wildman–Crippen LogP) is 4.31. The van der Waals surface area contributed by atoms with Gasteiger partial charge in [0, 0.05) is 25.1 Å². The summed E-state index contributed by atoms with van der Waals surface area (Å²) in [6.07, 6.45) is 7.77. The highest BCUT2D eigenvalue weighted by Crippen LogP contribution is 2.21. The number of benzene rings is 1. The minimum atomic E-state index is -0.217. The summed E-state index contributed by atoms with van der Waals surface area (Å²) in [5, 5.41) is 3.69. The lowest BCUT2D eigenvalue weighted by atomic mass is 10.1. The van der Waals surface area contributed by atoms with Crippen molar-refractivity contribution in [3.63, 3.8) is 0 Å². The van der Waals surface area contributed by atoms with Crippen LogP contribution < -0.4 is 5.32 Å². The lowest BCUT2D eigenvalue weighted by molar-refractivity contribution is 0.0950. The fourth-order valence-corrected chi connectivity index (χ4v) is 3.67. The number of nitrogens with zero attached hydrogens (tertiary/aromatic N) is 2. The minimum Gasteiger partial charge on any atom is -0.352 e. The molecule has 3 aromatic rings. The molecule has 6 heteroatoms. The number of carbonyl (C=O) groups excluding carboxylic acids is 1. The predicted molar refractivity (Wildman–Crippen MR) is 110 cm³/mol. The summed E-state index contributed by atoms with van der Waals surface area (Å²) in [7, 11) is 0. The Morgan fingerprint density at radius 3 is 2.61 bits per heavy atom. The van der Waals surface area contributed by atoms with E-state index in [1.165, 1.54) is 12.1 Å². The van der Waals surface area contributed by atoms with Crippen molar-refractivity contribution < 1.29 is 9.18 Å². The number of pyridine rings is 2. The van der Waals surface area contributed by atoms with Crippen LogP contribution in [0.4, 0.5) is 4.39 Å². The van der Waals surface area contributed by atoms with Crippen LogP contribution in [0.25, 0.3) is 0 Å². The molecule has 0 saturated carbocycles. The molecule has 1 N–H and O–H groups in total. The number of aromatic nitrogens is 2. The number of hydrogen-bond acceptors (Lipinski definition) is 4. The molecule has 3 rings (SSSR count). The van der Waals surface area contributed by atoms with E-state index in [1.807, 2.05) is 24.3 Å². The molecule has 0 spiro atoms. The van der Waals surface area contributed by atoms with Gasteiger partial charge in [0.1, 0.15) is 10.8 Å². The van der Waals surface area contributed by atoms with Crippen LogP contribution in [-0.2, 0) is 12.8 Å². The molecular weight excluding hydrogens is 373 g/mol. The van der Waals surface area contributed by atoms with Gasteiger partial charge in [0.05, 0.1) is 5.56 Å². The van der Waals surface area contributed by atoms with E-state index in [9.17, 15) is 9.18 Å². The average Bonchev–Trinajstić information content (AvgIpc) is 2.73. The summed E-state index contributed by atoms with van der Waals surface area (Å²) in [5.74, 6) is 0.508. The molecule has 1 aromatic carbocycles. The van der Waals surface area contributed by atoms with E-state index in [0.717, 1.165) is 41.2 Å². The molecule has 144 valence electrons. The first kappa shape index (κ1) is 20.0. The number of aryl methyl sites for hydroxylation is 1. The Kier molecular flexibility index (Phi) is 7.55. The van der Waals surface area contributed by atoms with Gasteiger partial charge in [-0.1, -0.05) is 18.2 Å². The van der Waals surface area contributed by atoms with Crippen LogP contribution >= 0.6 is 11.8 Å². The molecular formula is C22H22FN3OS. The summed E-state index contributed by atoms with van der Waals surface area (Å²) in [6, 6.07) is 14.0. The van der Waals surface area contributed by atoms with Gasteiger partial charge in [-0.05, 0) is 66.5 Å². The zero-order valence-corrected chi connectivity index (χ0v) is 16.3. The van der Waals surface area contributed by atoms with Crippen molar-refractivity contribution >= 4 is 17.7 Å². The van der Waals surface area contributed by atoms with Crippen LogP contribution in [0.5, 0.6) is 0 Å². The van der Waals surface area contributed by atoms with Crippen LogP contribution in [0, 0.1) is 5.82 Å². The second kappa shape index (κ2) is 10.6. The van der Waals surface area contributed by atoms with Gasteiger partial charge in [0.15, 0.2) is 0 Å². The normalized spacial score (nSPS) is 10.6. The summed E-state index contributed by atoms with van der Waals surface area (Å²) < 4.78 is 12.9. The molecule has 0 bridgehead atoms. The van der Waals surface area contributed by atoms with Crippen LogP contribution in [0.2, 0.25) is 0 Å². The Morgan fingerprint density at radius 1 is 1.00 bits per heavy atom. The number of carbonyl (C=O) groups is 1. The van der Waals surface area contributed by atoms with Crippen LogP contribution in [0.3, 0.4) is 0 Å². The second-order valence-electron chi connectivity index (χ2n) is 6.30. The lowest BCUT2D eigenvalue weighted by Crippen LogP contribution is -2.26. The number of rotatable bonds is 9. The van der Waals surface area contributed by atoms with Gasteiger partial charge in [0.25, 0.3) is 5.91 Å². The van der Waals surface area contributed by atoms with Crippen LogP contribution in [0.1, 0.15) is 27.9 Å². The maximum absolute atomic E-state index is 12.9. The SMILES string of the molecule is O=C(NCCc1cccnc1)c1cccnc1SCCCc1ccc(F)cc1. The fourth-order valence-electron chi connectivity index (χ4n) is 2.74. The van der Waals surface area contributed by atoms with Crippen molar-refractivity contribution in [2.75, 3.05) is 12.3 Å². The molecule has 0 unspecified atom stereocenters. The van der Waals surface area contributed by atoms with E-state index < -0.39 is 0 Å². The molecule has 1 amide bonds. The molecule has 0 aliphatic carbocycles. The minimum absolute atomic E-state index is 0.113. The maximum Gasteiger partial charge on any atom is 0.254 e. The van der Waals surface area contributed by atoms with E-state index in [2.05, 4.69) is 15.3 Å². The third-order valence-electron chi connectivity index (χ3n) is 4.20. The Balaban J connectivity index is 1.47. The van der Waals surface area contributed by atoms with Gasteiger partial charge in [0.2, 0.25) is 0 Å². The first-order valence-corrected chi connectivity index (χ1v) is 10.2. The average molecular weight is 396 g/mol. The largest absolute Gasteiger partial charge is 0.352 e. The zero-order valence-electron chi connectivity index (χ0n) is 15.5. The topological polar surface area (TPSA) is 54.9 Å². The number of nitrogens with one attached hydrogen (secondary N) is 1. The molecule has 2 heterocycles. The summed E-state index contributed by atoms with van der Waals surface area (Å²) in [5.41, 5.74) is 2.79. The van der Waals surface area contributed by atoms with Crippen molar-refractivity contribution in [2.24, 2.45) is 0 Å². The molecule has 0 radical (unpaired) electrons. The number of halogens is 1. The number of amides is 1. The summed E-state index contributed by atoms with van der Waals surface area (Å²) in [6.45, 7) is 0.550. The third-order valence-corrected chi connectivity index (χ3v) is 5.29. The fraction of sp³-hybridized carbons (Fsp3) is 0.227. The first-order valence-electron chi connectivity index (χ1n) is 9.22. The standard InChI is InChI=1S/C22H22FN3OS/c23-19-9-7-17(8-10-19)5-3-15-28-22-20(6-2-13-26-22)21(27)25-14-11-18-4-1-12-24-16-18/h1-2,4,6-10,12-13,16H,3,5,11,14-15H2,(H,25,27). The summed E-state index contributed by atoms with van der Waals surface area (Å²) >= 11 is 1.57. The Hall–Kier alpha value is -2.73. The molecule has 2 aromatic heterocycles. The van der Waals surface area contributed by atoms with E-state index in [4.69, 9.17) is 0 Å². The van der Waals surface area contributed by atoms with Gasteiger partial charge < -0.3 is 5.32 Å². The van der Waals surface area contributed by atoms with E-state index >= 15 is 0 Å². The Labute approximate surface area is 168 Å². The second-order valence-corrected chi connectivity index (χ2v) is 7.39. The monoisotopic (exact) mass is 395 g/mol. The molecule has 0 aliphatic rings. The third kappa shape index (κ3) is 6.16. The van der Waals surface area contributed by atoms with Crippen molar-refractivity contribution in [3.05, 3.63) is 89.6 Å². The van der Waals surface area contributed by atoms with Gasteiger partial charge in [-0.3, -0.25) is 9.78 Å². The van der Waals surface area contributed by atoms with Crippen LogP contribution in [-0.4, -0.2) is 28.2 Å². The zero-order chi connectivity index (χ0) is 19.6. The van der Waals surface area contributed by atoms with E-state index in [-0.39, 0.29) is 11.7 Å². The van der Waals surface area contributed by atoms with E-state index in [0.29, 0.717) is 12.1 Å². The smallest absolute Gasteiger partial charge is 0.254 e. The van der Waals surface area contributed by atoms with E-state index in [1.54, 1.807) is 42.5 Å². The Bertz CT molecular complexity index is 888. The summed E-state index contributed by atoms with van der Waals surface area (Å²) in [4.78, 5) is 21.0. The van der Waals surface area contributed by atoms with Crippen molar-refractivity contribution in [1.29, 1.82) is 0 Å². The van der Waals surface area contributed by atoms with Crippen molar-refractivity contribution in [3.8, 4) is 0 Å². The quantitative estimate of drug-likeness (QED) is 0.433. The molecule has 0 saturated heterocycles. The molecule has 0 aliphatic heterocycles. The van der Waals surface area contributed by atoms with Crippen molar-refractivity contribution in [2.45, 2.75) is 24.3 Å². The molecule has 0 fully saturated rings. The van der Waals surface area contributed by atoms with Gasteiger partial charge >= 0.3 is 0 Å². The highest BCUT2D eigenvalue weighted by Gasteiger charge is 2.12. The highest BCUT2D eigenvalue weighted by atomic mass is 32.2. The first-order chi connectivity index (χ1) is 13.7. The Morgan fingerprint density at radius 2 is 1.82 bits per heavy atom. The molecule has 28 heavy (non-hydrogen) atoms. The maximum atomic E-state index is 12.9. The lowest BCUT2D eigenvalue weighted by Gasteiger charge is -2.09. The number of hydrogen-bond donors (Lipinski definition) is 1. The highest BCUT2D eigenvalue weighted by molar-refractivity contribution is 7.99. The molecule has 0 atom stereocenters. The van der Waals surface area contributed by atoms with Gasteiger partial charge in [-0.15, -0.1) is 11.8 Å². The van der Waals surface area contributed by atoms with Crippen LogP contribution in [0.15, 0.2) is 72.1 Å². The van der Waals surface area contributed by atoms with Gasteiger partial charge in [-0.25, -0.2) is 9.37 Å². The molecule has 4 nitrogen and oxygen atoms in total.